The van der Waals surface area contributed by atoms with Crippen LogP contribution in [0.3, 0.4) is 0 Å². The highest BCUT2D eigenvalue weighted by Crippen LogP contribution is 2.19. The average molecular weight is 286 g/mol. The van der Waals surface area contributed by atoms with Crippen molar-refractivity contribution in [1.82, 2.24) is 10.3 Å². The van der Waals surface area contributed by atoms with Crippen molar-refractivity contribution in [3.63, 3.8) is 0 Å². The van der Waals surface area contributed by atoms with Crippen LogP contribution in [0.2, 0.25) is 0 Å². The number of anilines is 3. The molecule has 0 atom stereocenters. The fourth-order valence-electron chi connectivity index (χ4n) is 1.81. The third kappa shape index (κ3) is 3.92. The summed E-state index contributed by atoms with van der Waals surface area (Å²) in [6.07, 6.45) is 3.69. The summed E-state index contributed by atoms with van der Waals surface area (Å²) in [5.41, 5.74) is 1.53. The molecule has 6 heteroatoms. The Morgan fingerprint density at radius 3 is 2.43 bits per heavy atom. The van der Waals surface area contributed by atoms with Gasteiger partial charge in [-0.25, -0.2) is 14.2 Å². The molecule has 3 N–H and O–H groups in total. The molecule has 1 aromatic heterocycles. The van der Waals surface area contributed by atoms with Crippen molar-refractivity contribution >= 4 is 23.2 Å². The largest absolute Gasteiger partial charge is 0.354 e. The topological polar surface area (TPSA) is 66.0 Å². The van der Waals surface area contributed by atoms with Gasteiger partial charge in [0.05, 0.1) is 11.9 Å². The number of hydrogen-bond donors (Lipinski definition) is 3. The van der Waals surface area contributed by atoms with E-state index >= 15 is 0 Å². The highest BCUT2D eigenvalue weighted by Gasteiger charge is 2.23. The van der Waals surface area contributed by atoms with Crippen molar-refractivity contribution in [2.75, 3.05) is 10.6 Å². The Labute approximate surface area is 121 Å². The maximum atomic E-state index is 12.8. The lowest BCUT2D eigenvalue weighted by Gasteiger charge is -2.08. The number of amides is 2. The number of benzene rings is 1. The molecule has 2 aromatic rings. The molecule has 5 nitrogen and oxygen atoms in total. The Morgan fingerprint density at radius 1 is 1.10 bits per heavy atom. The highest BCUT2D eigenvalue weighted by molar-refractivity contribution is 5.88. The van der Waals surface area contributed by atoms with E-state index in [-0.39, 0.29) is 11.8 Å². The van der Waals surface area contributed by atoms with Crippen molar-refractivity contribution in [2.24, 2.45) is 0 Å². The van der Waals surface area contributed by atoms with E-state index in [4.69, 9.17) is 0 Å². The van der Waals surface area contributed by atoms with Crippen molar-refractivity contribution in [3.05, 3.63) is 48.4 Å². The predicted octanol–water partition coefficient (Wildman–Crippen LogP) is 3.25. The van der Waals surface area contributed by atoms with Crippen LogP contribution in [0, 0.1) is 5.82 Å². The number of hydrogen-bond acceptors (Lipinski definition) is 3. The van der Waals surface area contributed by atoms with E-state index in [0.29, 0.717) is 11.9 Å². The summed E-state index contributed by atoms with van der Waals surface area (Å²) in [6, 6.07) is 9.63. The normalized spacial score (nSPS) is 13.6. The molecular formula is C15H15FN4O. The number of aromatic nitrogens is 1. The van der Waals surface area contributed by atoms with Crippen LogP contribution in [-0.2, 0) is 0 Å². The lowest BCUT2D eigenvalue weighted by Crippen LogP contribution is -2.30. The molecule has 1 heterocycles. The van der Waals surface area contributed by atoms with Gasteiger partial charge in [0, 0.05) is 11.7 Å². The van der Waals surface area contributed by atoms with Crippen molar-refractivity contribution < 1.29 is 9.18 Å². The fourth-order valence-corrected chi connectivity index (χ4v) is 1.81. The molecule has 1 fully saturated rings. The molecule has 3 rings (SSSR count). The van der Waals surface area contributed by atoms with Crippen LogP contribution >= 0.6 is 0 Å². The maximum Gasteiger partial charge on any atom is 0.320 e. The Kier molecular flexibility index (Phi) is 3.68. The Balaban J connectivity index is 1.58. The van der Waals surface area contributed by atoms with Gasteiger partial charge >= 0.3 is 6.03 Å². The summed E-state index contributed by atoms with van der Waals surface area (Å²) in [5.74, 6) is 0.206. The standard InChI is InChI=1S/C15H15FN4O/c16-10-1-3-11(4-2-10)18-13-7-8-14(17-9-13)20-15(21)19-12-5-6-12/h1-4,7-9,12,18H,5-6H2,(H2,17,19,20,21). The van der Waals surface area contributed by atoms with Gasteiger partial charge in [-0.1, -0.05) is 0 Å². The van der Waals surface area contributed by atoms with E-state index in [2.05, 4.69) is 20.9 Å². The summed E-state index contributed by atoms with van der Waals surface area (Å²) in [7, 11) is 0. The SMILES string of the molecule is O=C(Nc1ccc(Nc2ccc(F)cc2)cn1)NC1CC1. The van der Waals surface area contributed by atoms with Gasteiger partial charge in [0.1, 0.15) is 11.6 Å². The van der Waals surface area contributed by atoms with Crippen LogP contribution in [0.5, 0.6) is 0 Å². The molecule has 21 heavy (non-hydrogen) atoms. The van der Waals surface area contributed by atoms with Gasteiger partial charge in [0.15, 0.2) is 0 Å². The lowest BCUT2D eigenvalue weighted by molar-refractivity contribution is 0.251. The molecule has 0 saturated heterocycles. The molecule has 1 aliphatic rings. The second-order valence-corrected chi connectivity index (χ2v) is 4.94. The number of carbonyl (C=O) groups excluding carboxylic acids is 1. The van der Waals surface area contributed by atoms with Crippen LogP contribution in [-0.4, -0.2) is 17.1 Å². The molecule has 1 saturated carbocycles. The summed E-state index contributed by atoms with van der Waals surface area (Å²) >= 11 is 0. The second kappa shape index (κ2) is 5.78. The van der Waals surface area contributed by atoms with Gasteiger partial charge in [-0.2, -0.15) is 0 Å². The first-order valence-corrected chi connectivity index (χ1v) is 6.75. The quantitative estimate of drug-likeness (QED) is 0.808. The fraction of sp³-hybridized carbons (Fsp3) is 0.200. The number of nitrogens with one attached hydrogen (secondary N) is 3. The second-order valence-electron chi connectivity index (χ2n) is 4.94. The third-order valence-electron chi connectivity index (χ3n) is 3.05. The zero-order chi connectivity index (χ0) is 14.7. The van der Waals surface area contributed by atoms with Gasteiger partial charge in [-0.15, -0.1) is 0 Å². The zero-order valence-electron chi connectivity index (χ0n) is 11.3. The summed E-state index contributed by atoms with van der Waals surface area (Å²) in [5, 5.41) is 8.59. The van der Waals surface area contributed by atoms with E-state index in [9.17, 15) is 9.18 Å². The smallest absolute Gasteiger partial charge is 0.320 e. The minimum Gasteiger partial charge on any atom is -0.354 e. The van der Waals surface area contributed by atoms with Gasteiger partial charge < -0.3 is 10.6 Å². The summed E-state index contributed by atoms with van der Waals surface area (Å²) in [6.45, 7) is 0. The van der Waals surface area contributed by atoms with Crippen molar-refractivity contribution in [1.29, 1.82) is 0 Å². The van der Waals surface area contributed by atoms with Gasteiger partial charge in [0.2, 0.25) is 0 Å². The van der Waals surface area contributed by atoms with Crippen LogP contribution in [0.1, 0.15) is 12.8 Å². The lowest BCUT2D eigenvalue weighted by atomic mass is 10.3. The first-order chi connectivity index (χ1) is 10.2. The van der Waals surface area contributed by atoms with Crippen LogP contribution < -0.4 is 16.0 Å². The highest BCUT2D eigenvalue weighted by atomic mass is 19.1. The van der Waals surface area contributed by atoms with E-state index in [0.717, 1.165) is 24.2 Å². The van der Waals surface area contributed by atoms with Gasteiger partial charge in [-0.3, -0.25) is 5.32 Å². The first kappa shape index (κ1) is 13.4. The number of urea groups is 1. The Hall–Kier alpha value is -2.63. The monoisotopic (exact) mass is 286 g/mol. The summed E-state index contributed by atoms with van der Waals surface area (Å²) < 4.78 is 12.8. The molecule has 0 unspecified atom stereocenters. The molecular weight excluding hydrogens is 271 g/mol. The maximum absolute atomic E-state index is 12.8. The zero-order valence-corrected chi connectivity index (χ0v) is 11.3. The number of nitrogens with zero attached hydrogens (tertiary/aromatic N) is 1. The van der Waals surface area contributed by atoms with E-state index in [1.165, 1.54) is 12.1 Å². The number of halogens is 1. The first-order valence-electron chi connectivity index (χ1n) is 6.75. The van der Waals surface area contributed by atoms with E-state index in [1.54, 1.807) is 30.5 Å². The molecule has 2 amide bonds. The molecule has 0 radical (unpaired) electrons. The van der Waals surface area contributed by atoms with Crippen LogP contribution in [0.15, 0.2) is 42.6 Å². The van der Waals surface area contributed by atoms with Crippen LogP contribution in [0.4, 0.5) is 26.4 Å². The molecule has 0 spiro atoms. The van der Waals surface area contributed by atoms with Gasteiger partial charge in [0.25, 0.3) is 0 Å². The number of pyridine rings is 1. The number of carbonyl (C=O) groups is 1. The number of rotatable bonds is 4. The third-order valence-corrected chi connectivity index (χ3v) is 3.05. The predicted molar refractivity (Wildman–Crippen MR) is 79.1 cm³/mol. The van der Waals surface area contributed by atoms with Crippen molar-refractivity contribution in [2.45, 2.75) is 18.9 Å². The van der Waals surface area contributed by atoms with Crippen LogP contribution in [0.25, 0.3) is 0 Å². The van der Waals surface area contributed by atoms with Gasteiger partial charge in [-0.05, 0) is 49.2 Å². The summed E-state index contributed by atoms with van der Waals surface area (Å²) in [4.78, 5) is 15.7. The van der Waals surface area contributed by atoms with E-state index < -0.39 is 0 Å². The molecule has 1 aromatic carbocycles. The van der Waals surface area contributed by atoms with Crippen molar-refractivity contribution in [3.8, 4) is 0 Å². The molecule has 0 aliphatic heterocycles. The molecule has 108 valence electrons. The average Bonchev–Trinajstić information content (AvgIpc) is 3.27. The Bertz CT molecular complexity index is 623. The Morgan fingerprint density at radius 2 is 1.81 bits per heavy atom. The van der Waals surface area contributed by atoms with E-state index in [1.807, 2.05) is 0 Å². The minimum atomic E-state index is -0.278. The molecule has 0 bridgehead atoms. The minimum absolute atomic E-state index is 0.232. The molecule has 1 aliphatic carbocycles.